The summed E-state index contributed by atoms with van der Waals surface area (Å²) in [5.74, 6) is 0.318. The van der Waals surface area contributed by atoms with Gasteiger partial charge in [0.2, 0.25) is 0 Å². The number of ketones is 1. The molecule has 0 fully saturated rings. The number of fused-ring (bicyclic) bond motifs is 3. The minimum Gasteiger partial charge on any atom is -0.343 e. The Bertz CT molecular complexity index is 636. The molecule has 2 aliphatic rings. The monoisotopic (exact) mass is 225 g/mol. The van der Waals surface area contributed by atoms with Crippen LogP contribution in [-0.4, -0.2) is 10.4 Å². The summed E-state index contributed by atoms with van der Waals surface area (Å²) in [5, 5.41) is 1.34. The molecule has 2 aromatic rings. The van der Waals surface area contributed by atoms with Gasteiger partial charge < -0.3 is 4.57 Å². The number of aromatic nitrogens is 1. The van der Waals surface area contributed by atoms with Crippen molar-refractivity contribution < 1.29 is 4.79 Å². The predicted octanol–water partition coefficient (Wildman–Crippen LogP) is 3.11. The fourth-order valence-corrected chi connectivity index (χ4v) is 3.51. The van der Waals surface area contributed by atoms with Crippen molar-refractivity contribution in [3.05, 3.63) is 35.0 Å². The quantitative estimate of drug-likeness (QED) is 0.675. The van der Waals surface area contributed by atoms with E-state index in [0.29, 0.717) is 12.2 Å². The highest BCUT2D eigenvalue weighted by molar-refractivity contribution is 6.09. The lowest BCUT2D eigenvalue weighted by Crippen LogP contribution is -2.16. The first-order valence-corrected chi connectivity index (χ1v) is 6.52. The van der Waals surface area contributed by atoms with E-state index >= 15 is 0 Å². The van der Waals surface area contributed by atoms with Gasteiger partial charge in [0.15, 0.2) is 5.78 Å². The van der Waals surface area contributed by atoms with Crippen molar-refractivity contribution in [3.8, 4) is 0 Å². The van der Waals surface area contributed by atoms with Crippen LogP contribution in [0.5, 0.6) is 0 Å². The van der Waals surface area contributed by atoms with Crippen LogP contribution in [0.1, 0.15) is 40.9 Å². The third kappa shape index (κ3) is 1.13. The van der Waals surface area contributed by atoms with Gasteiger partial charge in [-0.1, -0.05) is 12.1 Å². The van der Waals surface area contributed by atoms with Crippen molar-refractivity contribution in [2.75, 3.05) is 0 Å². The van der Waals surface area contributed by atoms with Crippen LogP contribution in [0.25, 0.3) is 10.9 Å². The number of hydrogen-bond donors (Lipinski definition) is 0. The Morgan fingerprint density at radius 2 is 1.94 bits per heavy atom. The van der Waals surface area contributed by atoms with Crippen LogP contribution in [-0.2, 0) is 19.4 Å². The molecule has 86 valence electrons. The number of aryl methyl sites for hydroxylation is 2. The van der Waals surface area contributed by atoms with Crippen molar-refractivity contribution >= 4 is 16.7 Å². The van der Waals surface area contributed by atoms with Crippen LogP contribution in [0.3, 0.4) is 0 Å². The lowest BCUT2D eigenvalue weighted by molar-refractivity contribution is 0.0973. The molecule has 4 rings (SSSR count). The highest BCUT2D eigenvalue weighted by Crippen LogP contribution is 2.36. The highest BCUT2D eigenvalue weighted by Gasteiger charge is 2.26. The van der Waals surface area contributed by atoms with Gasteiger partial charge >= 0.3 is 0 Å². The molecule has 0 unspecified atom stereocenters. The molecule has 0 saturated heterocycles. The molecule has 2 heterocycles. The number of hydrogen-bond acceptors (Lipinski definition) is 1. The molecule has 1 aliphatic heterocycles. The number of para-hydroxylation sites is 1. The topological polar surface area (TPSA) is 22.0 Å². The van der Waals surface area contributed by atoms with E-state index in [9.17, 15) is 4.79 Å². The summed E-state index contributed by atoms with van der Waals surface area (Å²) in [7, 11) is 0. The van der Waals surface area contributed by atoms with E-state index in [1.807, 2.05) is 12.1 Å². The van der Waals surface area contributed by atoms with Crippen molar-refractivity contribution in [1.29, 1.82) is 0 Å². The molecular weight excluding hydrogens is 210 g/mol. The lowest BCUT2D eigenvalue weighted by atomic mass is 9.95. The summed E-state index contributed by atoms with van der Waals surface area (Å²) < 4.78 is 2.42. The molecule has 1 aromatic heterocycles. The second-order valence-electron chi connectivity index (χ2n) is 5.16. The maximum absolute atomic E-state index is 12.0. The van der Waals surface area contributed by atoms with Crippen molar-refractivity contribution in [2.24, 2.45) is 0 Å². The summed E-state index contributed by atoms with van der Waals surface area (Å²) >= 11 is 0. The average Bonchev–Trinajstić information content (AvgIpc) is 2.70. The summed E-state index contributed by atoms with van der Waals surface area (Å²) in [5.41, 5.74) is 5.19. The molecule has 0 spiro atoms. The van der Waals surface area contributed by atoms with Crippen LogP contribution in [0.2, 0.25) is 0 Å². The van der Waals surface area contributed by atoms with Gasteiger partial charge in [-0.05, 0) is 37.3 Å². The molecule has 0 amide bonds. The van der Waals surface area contributed by atoms with Gasteiger partial charge in [-0.15, -0.1) is 0 Å². The molecule has 0 N–H and O–H groups in total. The normalized spacial score (nSPS) is 18.5. The maximum atomic E-state index is 12.0. The zero-order valence-electron chi connectivity index (χ0n) is 9.83. The molecule has 1 aromatic carbocycles. The van der Waals surface area contributed by atoms with Gasteiger partial charge in [0, 0.05) is 29.6 Å². The molecule has 17 heavy (non-hydrogen) atoms. The molecule has 2 nitrogen and oxygen atoms in total. The zero-order chi connectivity index (χ0) is 11.4. The highest BCUT2D eigenvalue weighted by atomic mass is 16.1. The van der Waals surface area contributed by atoms with Gasteiger partial charge in [-0.25, -0.2) is 0 Å². The summed E-state index contributed by atoms with van der Waals surface area (Å²) in [6.07, 6.45) is 5.65. The SMILES string of the molecule is O=C1CCn2c3c(c4cccc1c42)CCCC3. The molecule has 0 atom stereocenters. The molecular formula is C15H15NO. The smallest absolute Gasteiger partial charge is 0.166 e. The Kier molecular flexibility index (Phi) is 1.79. The first-order chi connectivity index (χ1) is 8.36. The minimum absolute atomic E-state index is 0.318. The van der Waals surface area contributed by atoms with E-state index in [1.54, 1.807) is 0 Å². The summed E-state index contributed by atoms with van der Waals surface area (Å²) in [4.78, 5) is 12.0. The fourth-order valence-electron chi connectivity index (χ4n) is 3.51. The number of benzene rings is 1. The van der Waals surface area contributed by atoms with Crippen LogP contribution in [0, 0.1) is 0 Å². The molecule has 0 bridgehead atoms. The Morgan fingerprint density at radius 1 is 1.06 bits per heavy atom. The van der Waals surface area contributed by atoms with E-state index in [0.717, 1.165) is 12.1 Å². The fraction of sp³-hybridized carbons (Fsp3) is 0.400. The van der Waals surface area contributed by atoms with Gasteiger partial charge in [0.05, 0.1) is 5.52 Å². The van der Waals surface area contributed by atoms with Crippen LogP contribution >= 0.6 is 0 Å². The van der Waals surface area contributed by atoms with E-state index < -0.39 is 0 Å². The van der Waals surface area contributed by atoms with E-state index in [1.165, 1.54) is 47.8 Å². The van der Waals surface area contributed by atoms with E-state index in [4.69, 9.17) is 0 Å². The predicted molar refractivity (Wildman–Crippen MR) is 67.5 cm³/mol. The molecule has 0 radical (unpaired) electrons. The summed E-state index contributed by atoms with van der Waals surface area (Å²) in [6.45, 7) is 0.891. The number of nitrogens with zero attached hydrogens (tertiary/aromatic N) is 1. The van der Waals surface area contributed by atoms with E-state index in [2.05, 4.69) is 10.6 Å². The third-order valence-corrected chi connectivity index (χ3v) is 4.26. The van der Waals surface area contributed by atoms with Crippen LogP contribution in [0.15, 0.2) is 18.2 Å². The second kappa shape index (κ2) is 3.22. The Labute approximate surface area is 100 Å². The standard InChI is InChI=1S/C15H15NO/c17-14-8-9-16-13-7-2-1-4-10(13)11-5-3-6-12(14)15(11)16/h3,5-6H,1-2,4,7-9H2. The molecule has 0 saturated carbocycles. The number of carbonyl (C=O) groups excluding carboxylic acids is 1. The second-order valence-corrected chi connectivity index (χ2v) is 5.16. The first-order valence-electron chi connectivity index (χ1n) is 6.52. The Morgan fingerprint density at radius 3 is 2.88 bits per heavy atom. The Balaban J connectivity index is 2.17. The first kappa shape index (κ1) is 9.46. The van der Waals surface area contributed by atoms with Gasteiger partial charge in [-0.3, -0.25) is 4.79 Å². The maximum Gasteiger partial charge on any atom is 0.166 e. The third-order valence-electron chi connectivity index (χ3n) is 4.26. The van der Waals surface area contributed by atoms with E-state index in [-0.39, 0.29) is 0 Å². The van der Waals surface area contributed by atoms with Crippen molar-refractivity contribution in [1.82, 2.24) is 4.57 Å². The van der Waals surface area contributed by atoms with Gasteiger partial charge in [-0.2, -0.15) is 0 Å². The minimum atomic E-state index is 0.318. The summed E-state index contributed by atoms with van der Waals surface area (Å²) in [6, 6.07) is 6.23. The van der Waals surface area contributed by atoms with Gasteiger partial charge in [0.25, 0.3) is 0 Å². The largest absolute Gasteiger partial charge is 0.343 e. The molecule has 2 heteroatoms. The zero-order valence-corrected chi connectivity index (χ0v) is 9.83. The lowest BCUT2D eigenvalue weighted by Gasteiger charge is -2.18. The Hall–Kier alpha value is -1.57. The number of carbonyl (C=O) groups is 1. The van der Waals surface area contributed by atoms with Gasteiger partial charge in [0.1, 0.15) is 0 Å². The average molecular weight is 225 g/mol. The van der Waals surface area contributed by atoms with Crippen LogP contribution < -0.4 is 0 Å². The van der Waals surface area contributed by atoms with Crippen LogP contribution in [0.4, 0.5) is 0 Å². The van der Waals surface area contributed by atoms with Crippen molar-refractivity contribution in [3.63, 3.8) is 0 Å². The van der Waals surface area contributed by atoms with Crippen molar-refractivity contribution in [2.45, 2.75) is 38.6 Å². The molecule has 1 aliphatic carbocycles. The number of Topliss-reactive ketones (excluding diaryl/α,β-unsaturated/α-hetero) is 1. The number of rotatable bonds is 0.